The third-order valence-corrected chi connectivity index (χ3v) is 5.93. The molecule has 0 saturated carbocycles. The van der Waals surface area contributed by atoms with E-state index in [-0.39, 0.29) is 24.2 Å². The summed E-state index contributed by atoms with van der Waals surface area (Å²) in [6.45, 7) is 0.428. The monoisotopic (exact) mass is 465 g/mol. The number of likely N-dealkylation sites (tertiary alicyclic amines) is 1. The number of carbonyl (C=O) groups is 3. The van der Waals surface area contributed by atoms with Gasteiger partial charge in [0.2, 0.25) is 11.8 Å². The smallest absolute Gasteiger partial charge is 0.317 e. The number of carbonyl (C=O) groups excluding carboxylic acids is 2. The minimum Gasteiger partial charge on any atom is -0.480 e. The molecular formula is C25H31N5O4. The Balaban J connectivity index is 1.62. The van der Waals surface area contributed by atoms with Crippen molar-refractivity contribution in [1.29, 1.82) is 5.41 Å². The molecule has 1 aliphatic rings. The van der Waals surface area contributed by atoms with Gasteiger partial charge >= 0.3 is 5.97 Å². The first-order valence-corrected chi connectivity index (χ1v) is 11.4. The fourth-order valence-corrected chi connectivity index (χ4v) is 4.09. The lowest BCUT2D eigenvalue weighted by Gasteiger charge is -2.28. The van der Waals surface area contributed by atoms with Crippen LogP contribution in [0.3, 0.4) is 0 Å². The minimum atomic E-state index is -1.04. The molecule has 2 aromatic carbocycles. The zero-order valence-corrected chi connectivity index (χ0v) is 19.0. The maximum absolute atomic E-state index is 13.3. The molecule has 0 radical (unpaired) electrons. The summed E-state index contributed by atoms with van der Waals surface area (Å²) >= 11 is 0. The Kier molecular flexibility index (Phi) is 8.75. The Morgan fingerprint density at radius 3 is 2.44 bits per heavy atom. The van der Waals surface area contributed by atoms with Crippen molar-refractivity contribution in [3.8, 4) is 0 Å². The second-order valence-electron chi connectivity index (χ2n) is 8.37. The topological polar surface area (TPSA) is 149 Å². The van der Waals surface area contributed by atoms with E-state index < -0.39 is 18.1 Å². The fourth-order valence-electron chi connectivity index (χ4n) is 4.09. The van der Waals surface area contributed by atoms with Crippen molar-refractivity contribution in [1.82, 2.24) is 15.5 Å². The van der Waals surface area contributed by atoms with E-state index in [0.717, 1.165) is 11.1 Å². The van der Waals surface area contributed by atoms with Crippen molar-refractivity contribution in [2.24, 2.45) is 5.73 Å². The van der Waals surface area contributed by atoms with Crippen LogP contribution in [-0.2, 0) is 27.3 Å². The maximum Gasteiger partial charge on any atom is 0.317 e. The Morgan fingerprint density at radius 2 is 1.79 bits per heavy atom. The molecule has 0 spiro atoms. The zero-order chi connectivity index (χ0) is 24.5. The molecule has 0 unspecified atom stereocenters. The van der Waals surface area contributed by atoms with Crippen molar-refractivity contribution < 1.29 is 19.5 Å². The van der Waals surface area contributed by atoms with Gasteiger partial charge in [0, 0.05) is 18.7 Å². The van der Waals surface area contributed by atoms with Gasteiger partial charge in [-0.3, -0.25) is 25.1 Å². The molecule has 9 nitrogen and oxygen atoms in total. The van der Waals surface area contributed by atoms with Gasteiger partial charge in [0.05, 0.1) is 12.6 Å². The van der Waals surface area contributed by atoms with Crippen LogP contribution in [0.1, 0.15) is 36.0 Å². The van der Waals surface area contributed by atoms with E-state index in [2.05, 4.69) is 10.6 Å². The number of rotatable bonds is 11. The maximum atomic E-state index is 13.3. The molecule has 1 saturated heterocycles. The standard InChI is InChI=1S/C25H31N5O4/c26-23(27)19-11-8-18(9-12-19)15-29-24(33)21-7-4-14-30(21)25(34)20(28-16-22(31)32)13-10-17-5-2-1-3-6-17/h1-3,5-6,8-9,11-12,20-21,28H,4,7,10,13-16H2,(H3,26,27)(H,29,33)(H,31,32)/t20-,21+/m1/s1. The summed E-state index contributed by atoms with van der Waals surface area (Å²) in [5.74, 6) is -1.54. The van der Waals surface area contributed by atoms with Gasteiger partial charge in [-0.05, 0) is 36.8 Å². The molecule has 2 aromatic rings. The van der Waals surface area contributed by atoms with E-state index in [9.17, 15) is 14.4 Å². The van der Waals surface area contributed by atoms with E-state index >= 15 is 0 Å². The molecule has 0 aliphatic carbocycles. The second kappa shape index (κ2) is 11.9. The average molecular weight is 466 g/mol. The van der Waals surface area contributed by atoms with Gasteiger partial charge in [-0.15, -0.1) is 0 Å². The Hall–Kier alpha value is -3.72. The quantitative estimate of drug-likeness (QED) is 0.249. The molecule has 0 aromatic heterocycles. The van der Waals surface area contributed by atoms with Crippen molar-refractivity contribution in [3.63, 3.8) is 0 Å². The number of hydrogen-bond acceptors (Lipinski definition) is 5. The summed E-state index contributed by atoms with van der Waals surface area (Å²) in [7, 11) is 0. The number of aryl methyl sites for hydroxylation is 1. The molecular weight excluding hydrogens is 434 g/mol. The highest BCUT2D eigenvalue weighted by molar-refractivity contribution is 5.95. The number of carboxylic acids is 1. The lowest BCUT2D eigenvalue weighted by atomic mass is 10.0. The number of nitrogens with one attached hydrogen (secondary N) is 3. The number of nitrogens with zero attached hydrogens (tertiary/aromatic N) is 1. The summed E-state index contributed by atoms with van der Waals surface area (Å²) in [5, 5.41) is 22.3. The molecule has 180 valence electrons. The summed E-state index contributed by atoms with van der Waals surface area (Å²) < 4.78 is 0. The highest BCUT2D eigenvalue weighted by Crippen LogP contribution is 2.20. The van der Waals surface area contributed by atoms with Crippen molar-refractivity contribution in [2.75, 3.05) is 13.1 Å². The van der Waals surface area contributed by atoms with E-state index in [1.165, 1.54) is 0 Å². The third kappa shape index (κ3) is 6.89. The van der Waals surface area contributed by atoms with E-state index in [4.69, 9.17) is 16.2 Å². The van der Waals surface area contributed by atoms with Crippen LogP contribution in [0.15, 0.2) is 54.6 Å². The van der Waals surface area contributed by atoms with E-state index in [1.54, 1.807) is 29.2 Å². The lowest BCUT2D eigenvalue weighted by molar-refractivity contribution is -0.141. The van der Waals surface area contributed by atoms with Gasteiger partial charge in [0.15, 0.2) is 0 Å². The minimum absolute atomic E-state index is 0.0194. The van der Waals surface area contributed by atoms with Crippen LogP contribution in [0.4, 0.5) is 0 Å². The van der Waals surface area contributed by atoms with Gasteiger partial charge in [0.1, 0.15) is 11.9 Å². The van der Waals surface area contributed by atoms with E-state index in [1.807, 2.05) is 30.3 Å². The normalized spacial score (nSPS) is 16.1. The number of hydrogen-bond donors (Lipinski definition) is 5. The first-order chi connectivity index (χ1) is 16.3. The van der Waals surface area contributed by atoms with Gasteiger partial charge in [-0.1, -0.05) is 54.6 Å². The lowest BCUT2D eigenvalue weighted by Crippen LogP contribution is -2.53. The molecule has 1 heterocycles. The molecule has 2 atom stereocenters. The van der Waals surface area contributed by atoms with Crippen LogP contribution in [0.2, 0.25) is 0 Å². The number of carboxylic acid groups (broad SMARTS) is 1. The van der Waals surface area contributed by atoms with Gasteiger partial charge in [-0.2, -0.15) is 0 Å². The number of aliphatic carboxylic acids is 1. The summed E-state index contributed by atoms with van der Waals surface area (Å²) in [5.41, 5.74) is 8.00. The number of amides is 2. The van der Waals surface area contributed by atoms with E-state index in [0.29, 0.717) is 44.3 Å². The van der Waals surface area contributed by atoms with Crippen molar-refractivity contribution >= 4 is 23.6 Å². The fraction of sp³-hybridized carbons (Fsp3) is 0.360. The van der Waals surface area contributed by atoms with Crippen LogP contribution in [-0.4, -0.2) is 58.8 Å². The van der Waals surface area contributed by atoms with Crippen LogP contribution in [0.5, 0.6) is 0 Å². The van der Waals surface area contributed by atoms with Gasteiger partial charge in [-0.25, -0.2) is 0 Å². The number of nitrogen functional groups attached to an aromatic ring is 1. The first kappa shape index (κ1) is 24.9. The Morgan fingerprint density at radius 1 is 1.09 bits per heavy atom. The summed E-state index contributed by atoms with van der Waals surface area (Å²) in [6.07, 6.45) is 2.32. The first-order valence-electron chi connectivity index (χ1n) is 11.4. The number of amidine groups is 1. The Bertz CT molecular complexity index is 1010. The predicted molar refractivity (Wildman–Crippen MR) is 128 cm³/mol. The molecule has 6 N–H and O–H groups in total. The van der Waals surface area contributed by atoms with Crippen LogP contribution in [0, 0.1) is 5.41 Å². The third-order valence-electron chi connectivity index (χ3n) is 5.93. The summed E-state index contributed by atoms with van der Waals surface area (Å²) in [4.78, 5) is 38.9. The number of nitrogens with two attached hydrogens (primary N) is 1. The molecule has 9 heteroatoms. The molecule has 1 fully saturated rings. The van der Waals surface area contributed by atoms with Crippen LogP contribution < -0.4 is 16.4 Å². The molecule has 1 aliphatic heterocycles. The van der Waals surface area contributed by atoms with Crippen LogP contribution in [0.25, 0.3) is 0 Å². The summed E-state index contributed by atoms with van der Waals surface area (Å²) in [6, 6.07) is 15.5. The molecule has 34 heavy (non-hydrogen) atoms. The SMILES string of the molecule is N=C(N)c1ccc(CNC(=O)[C@@H]2CCCN2C(=O)[C@@H](CCc2ccccc2)NCC(=O)O)cc1. The van der Waals surface area contributed by atoms with Crippen molar-refractivity contribution in [3.05, 3.63) is 71.3 Å². The average Bonchev–Trinajstić information content (AvgIpc) is 3.33. The molecule has 0 bridgehead atoms. The Labute approximate surface area is 198 Å². The largest absolute Gasteiger partial charge is 0.480 e. The highest BCUT2D eigenvalue weighted by Gasteiger charge is 2.37. The molecule has 3 rings (SSSR count). The van der Waals surface area contributed by atoms with Gasteiger partial charge in [0.25, 0.3) is 0 Å². The second-order valence-corrected chi connectivity index (χ2v) is 8.37. The highest BCUT2D eigenvalue weighted by atomic mass is 16.4. The predicted octanol–water partition coefficient (Wildman–Crippen LogP) is 1.25. The van der Waals surface area contributed by atoms with Crippen molar-refractivity contribution in [2.45, 2.75) is 44.3 Å². The van der Waals surface area contributed by atoms with Gasteiger partial charge < -0.3 is 21.1 Å². The number of benzene rings is 2. The zero-order valence-electron chi connectivity index (χ0n) is 19.0. The van der Waals surface area contributed by atoms with Crippen LogP contribution >= 0.6 is 0 Å². The molecule has 2 amide bonds.